The Balaban J connectivity index is 2.20. The number of nitrogens with zero attached hydrogens (tertiary/aromatic N) is 3. The molecule has 2 rings (SSSR count). The van der Waals surface area contributed by atoms with E-state index in [1.807, 2.05) is 20.0 Å². The van der Waals surface area contributed by atoms with Crippen molar-refractivity contribution in [2.75, 3.05) is 5.32 Å². The van der Waals surface area contributed by atoms with Crippen LogP contribution < -0.4 is 10.6 Å². The first-order chi connectivity index (χ1) is 9.38. The van der Waals surface area contributed by atoms with Gasteiger partial charge in [-0.1, -0.05) is 0 Å². The van der Waals surface area contributed by atoms with Gasteiger partial charge in [-0.3, -0.25) is 14.3 Å². The van der Waals surface area contributed by atoms with Crippen molar-refractivity contribution in [1.29, 1.82) is 0 Å². The van der Waals surface area contributed by atoms with Gasteiger partial charge < -0.3 is 10.6 Å². The minimum atomic E-state index is -0.599. The fraction of sp³-hybridized carbons (Fsp3) is 0.385. The van der Waals surface area contributed by atoms with Crippen molar-refractivity contribution in [3.63, 3.8) is 0 Å². The summed E-state index contributed by atoms with van der Waals surface area (Å²) in [6, 6.07) is 1.22. The van der Waals surface area contributed by atoms with Gasteiger partial charge in [0.15, 0.2) is 5.65 Å². The van der Waals surface area contributed by atoms with Crippen LogP contribution in [0, 0.1) is 6.92 Å². The number of aromatic nitrogens is 3. The number of aryl methyl sites for hydroxylation is 2. The fourth-order valence-electron chi connectivity index (χ4n) is 2.00. The third-order valence-electron chi connectivity index (χ3n) is 2.94. The molecule has 20 heavy (non-hydrogen) atoms. The molecule has 0 bridgehead atoms. The molecule has 7 nitrogen and oxygen atoms in total. The molecule has 0 saturated heterocycles. The van der Waals surface area contributed by atoms with E-state index >= 15 is 0 Å². The summed E-state index contributed by atoms with van der Waals surface area (Å²) in [5, 5.41) is 10.4. The van der Waals surface area contributed by atoms with Crippen molar-refractivity contribution in [2.24, 2.45) is 7.05 Å². The maximum Gasteiger partial charge on any atom is 0.246 e. The number of carbonyl (C=O) groups is 2. The van der Waals surface area contributed by atoms with Crippen LogP contribution in [0.1, 0.15) is 19.5 Å². The number of rotatable bonds is 3. The summed E-state index contributed by atoms with van der Waals surface area (Å²) in [6.45, 7) is 4.88. The minimum absolute atomic E-state index is 0.246. The molecule has 0 spiro atoms. The van der Waals surface area contributed by atoms with Gasteiger partial charge in [-0.05, 0) is 19.9 Å². The second-order valence-corrected chi connectivity index (χ2v) is 4.72. The molecular formula is C13H17N5O2. The predicted molar refractivity (Wildman–Crippen MR) is 75.2 cm³/mol. The zero-order valence-corrected chi connectivity index (χ0v) is 11.9. The highest BCUT2D eigenvalue weighted by atomic mass is 16.2. The van der Waals surface area contributed by atoms with Gasteiger partial charge in [-0.25, -0.2) is 4.98 Å². The first-order valence-corrected chi connectivity index (χ1v) is 6.26. The number of carbonyl (C=O) groups excluding carboxylic acids is 2. The summed E-state index contributed by atoms with van der Waals surface area (Å²) in [7, 11) is 1.82. The van der Waals surface area contributed by atoms with Crippen LogP contribution in [0.3, 0.4) is 0 Å². The highest BCUT2D eigenvalue weighted by Crippen LogP contribution is 2.19. The largest absolute Gasteiger partial charge is 0.345 e. The van der Waals surface area contributed by atoms with E-state index in [4.69, 9.17) is 0 Å². The molecule has 0 aliphatic carbocycles. The molecule has 1 atom stereocenters. The molecule has 2 aromatic rings. The summed E-state index contributed by atoms with van der Waals surface area (Å²) < 4.78 is 1.69. The minimum Gasteiger partial charge on any atom is -0.345 e. The maximum absolute atomic E-state index is 11.9. The summed E-state index contributed by atoms with van der Waals surface area (Å²) in [6.07, 6.45) is 1.57. The number of pyridine rings is 1. The third kappa shape index (κ3) is 2.76. The molecule has 2 heterocycles. The van der Waals surface area contributed by atoms with E-state index in [1.54, 1.807) is 17.8 Å². The van der Waals surface area contributed by atoms with Crippen molar-refractivity contribution >= 4 is 28.5 Å². The molecule has 0 unspecified atom stereocenters. The second kappa shape index (κ2) is 5.28. The zero-order chi connectivity index (χ0) is 14.9. The fourth-order valence-corrected chi connectivity index (χ4v) is 2.00. The lowest BCUT2D eigenvalue weighted by Gasteiger charge is -2.12. The zero-order valence-electron chi connectivity index (χ0n) is 11.9. The van der Waals surface area contributed by atoms with E-state index in [9.17, 15) is 9.59 Å². The first kappa shape index (κ1) is 14.0. The van der Waals surface area contributed by atoms with Crippen LogP contribution in [-0.4, -0.2) is 32.6 Å². The molecule has 106 valence electrons. The monoisotopic (exact) mass is 275 g/mol. The Labute approximate surface area is 116 Å². The Kier molecular flexibility index (Phi) is 3.69. The SMILES string of the molecule is CC(=O)N[C@@H](C)C(=O)Nc1cnc2c(c1)c(C)nn2C. The Hall–Kier alpha value is -2.44. The summed E-state index contributed by atoms with van der Waals surface area (Å²) >= 11 is 0. The third-order valence-corrected chi connectivity index (χ3v) is 2.94. The maximum atomic E-state index is 11.9. The van der Waals surface area contributed by atoms with Crippen LogP contribution in [0.2, 0.25) is 0 Å². The number of anilines is 1. The van der Waals surface area contributed by atoms with Crippen molar-refractivity contribution in [2.45, 2.75) is 26.8 Å². The van der Waals surface area contributed by atoms with Gasteiger partial charge in [-0.2, -0.15) is 5.10 Å². The molecule has 0 aliphatic heterocycles. The quantitative estimate of drug-likeness (QED) is 0.864. The van der Waals surface area contributed by atoms with Crippen LogP contribution in [0.4, 0.5) is 5.69 Å². The lowest BCUT2D eigenvalue weighted by atomic mass is 10.2. The van der Waals surface area contributed by atoms with Crippen molar-refractivity contribution in [1.82, 2.24) is 20.1 Å². The Bertz CT molecular complexity index is 677. The van der Waals surface area contributed by atoms with Gasteiger partial charge in [0, 0.05) is 19.4 Å². The van der Waals surface area contributed by atoms with Gasteiger partial charge in [0.1, 0.15) is 6.04 Å². The van der Waals surface area contributed by atoms with Crippen molar-refractivity contribution < 1.29 is 9.59 Å². The number of amides is 2. The van der Waals surface area contributed by atoms with Crippen LogP contribution in [0.25, 0.3) is 11.0 Å². The Morgan fingerprint density at radius 1 is 1.40 bits per heavy atom. The van der Waals surface area contributed by atoms with E-state index in [0.29, 0.717) is 5.69 Å². The topological polar surface area (TPSA) is 88.9 Å². The van der Waals surface area contributed by atoms with E-state index in [2.05, 4.69) is 20.7 Å². The Morgan fingerprint density at radius 2 is 2.10 bits per heavy atom. The average molecular weight is 275 g/mol. The van der Waals surface area contributed by atoms with Crippen LogP contribution in [0.5, 0.6) is 0 Å². The van der Waals surface area contributed by atoms with Crippen LogP contribution in [0.15, 0.2) is 12.3 Å². The lowest BCUT2D eigenvalue weighted by molar-refractivity contribution is -0.124. The second-order valence-electron chi connectivity index (χ2n) is 4.72. The van der Waals surface area contributed by atoms with Crippen molar-refractivity contribution in [3.8, 4) is 0 Å². The summed E-state index contributed by atoms with van der Waals surface area (Å²) in [4.78, 5) is 27.1. The number of hydrogen-bond donors (Lipinski definition) is 2. The molecule has 0 radical (unpaired) electrons. The lowest BCUT2D eigenvalue weighted by Crippen LogP contribution is -2.40. The molecule has 0 saturated carbocycles. The van der Waals surface area contributed by atoms with E-state index in [1.165, 1.54) is 6.92 Å². The van der Waals surface area contributed by atoms with E-state index < -0.39 is 6.04 Å². The normalized spacial score (nSPS) is 12.2. The molecular weight excluding hydrogens is 258 g/mol. The van der Waals surface area contributed by atoms with Gasteiger partial charge in [-0.15, -0.1) is 0 Å². The number of hydrogen-bond acceptors (Lipinski definition) is 4. The molecule has 2 aromatic heterocycles. The smallest absolute Gasteiger partial charge is 0.246 e. The molecule has 0 fully saturated rings. The van der Waals surface area contributed by atoms with Gasteiger partial charge >= 0.3 is 0 Å². The molecule has 0 aliphatic rings. The standard InChI is InChI=1S/C13H17N5O2/c1-7-11-5-10(6-14-12(11)18(4)17-7)16-13(20)8(2)15-9(3)19/h5-6,8H,1-4H3,(H,15,19)(H,16,20)/t8-/m0/s1. The molecule has 2 amide bonds. The van der Waals surface area contributed by atoms with E-state index in [0.717, 1.165) is 16.7 Å². The number of fused-ring (bicyclic) bond motifs is 1. The summed E-state index contributed by atoms with van der Waals surface area (Å²) in [5.74, 6) is -0.535. The Morgan fingerprint density at radius 3 is 2.75 bits per heavy atom. The van der Waals surface area contributed by atoms with Gasteiger partial charge in [0.25, 0.3) is 0 Å². The van der Waals surface area contributed by atoms with Crippen LogP contribution in [-0.2, 0) is 16.6 Å². The van der Waals surface area contributed by atoms with Crippen molar-refractivity contribution in [3.05, 3.63) is 18.0 Å². The van der Waals surface area contributed by atoms with E-state index in [-0.39, 0.29) is 11.8 Å². The van der Waals surface area contributed by atoms with Gasteiger partial charge in [0.2, 0.25) is 11.8 Å². The molecule has 2 N–H and O–H groups in total. The molecule has 0 aromatic carbocycles. The highest BCUT2D eigenvalue weighted by Gasteiger charge is 2.15. The molecule has 7 heteroatoms. The summed E-state index contributed by atoms with van der Waals surface area (Å²) in [5.41, 5.74) is 2.19. The van der Waals surface area contributed by atoms with Gasteiger partial charge in [0.05, 0.1) is 17.6 Å². The predicted octanol–water partition coefficient (Wildman–Crippen LogP) is 0.740. The van der Waals surface area contributed by atoms with Crippen LogP contribution >= 0.6 is 0 Å². The highest BCUT2D eigenvalue weighted by molar-refractivity contribution is 5.97. The average Bonchev–Trinajstić information content (AvgIpc) is 2.64. The number of nitrogens with one attached hydrogen (secondary N) is 2. The first-order valence-electron chi connectivity index (χ1n) is 6.26.